The molecule has 1 aliphatic rings. The molecule has 3 heteroatoms. The van der Waals surface area contributed by atoms with E-state index in [0.717, 1.165) is 23.6 Å². The number of fused-ring (bicyclic) bond motifs is 1. The Hall–Kier alpha value is -1.77. The van der Waals surface area contributed by atoms with E-state index in [1.165, 1.54) is 36.8 Å². The van der Waals surface area contributed by atoms with Crippen molar-refractivity contribution in [1.82, 2.24) is 10.2 Å². The number of nitrogens with zero attached hydrogens (tertiary/aromatic N) is 1. The molecule has 1 N–H and O–H groups in total. The molecule has 100 valence electrons. The lowest BCUT2D eigenvalue weighted by molar-refractivity contribution is 0.320. The summed E-state index contributed by atoms with van der Waals surface area (Å²) in [5.74, 6) is 0.993. The predicted molar refractivity (Wildman–Crippen MR) is 75.6 cm³/mol. The number of aromatic amines is 1. The van der Waals surface area contributed by atoms with E-state index in [9.17, 15) is 0 Å². The normalized spacial score (nSPS) is 14.2. The summed E-state index contributed by atoms with van der Waals surface area (Å²) in [7, 11) is 0. The second-order valence-corrected chi connectivity index (χ2v) is 5.28. The van der Waals surface area contributed by atoms with Crippen molar-refractivity contribution in [3.05, 3.63) is 46.8 Å². The van der Waals surface area contributed by atoms with Crippen LogP contribution in [-0.2, 0) is 19.3 Å². The number of nitrogens with one attached hydrogen (secondary N) is 1. The summed E-state index contributed by atoms with van der Waals surface area (Å²) in [6.07, 6.45) is 5.91. The SMILES string of the molecule is Cc1cc(CCOc2ccc3c(c2)CCCC3)n[nH]1. The van der Waals surface area contributed by atoms with Gasteiger partial charge < -0.3 is 4.74 Å². The van der Waals surface area contributed by atoms with Crippen molar-refractivity contribution in [2.75, 3.05) is 6.61 Å². The van der Waals surface area contributed by atoms with E-state index in [1.807, 2.05) is 6.92 Å². The molecule has 3 rings (SSSR count). The van der Waals surface area contributed by atoms with Gasteiger partial charge in [0, 0.05) is 12.1 Å². The zero-order valence-electron chi connectivity index (χ0n) is 11.4. The molecule has 0 aliphatic heterocycles. The van der Waals surface area contributed by atoms with Crippen LogP contribution < -0.4 is 4.74 Å². The van der Waals surface area contributed by atoms with Crippen LogP contribution in [0.4, 0.5) is 0 Å². The molecule has 19 heavy (non-hydrogen) atoms. The first kappa shape index (κ1) is 12.3. The van der Waals surface area contributed by atoms with Gasteiger partial charge in [-0.1, -0.05) is 6.07 Å². The number of rotatable bonds is 4. The molecular formula is C16H20N2O. The minimum atomic E-state index is 0.684. The molecule has 3 nitrogen and oxygen atoms in total. The van der Waals surface area contributed by atoms with Crippen molar-refractivity contribution in [2.24, 2.45) is 0 Å². The lowest BCUT2D eigenvalue weighted by Gasteiger charge is -2.16. The third kappa shape index (κ3) is 2.98. The summed E-state index contributed by atoms with van der Waals surface area (Å²) < 4.78 is 5.83. The quantitative estimate of drug-likeness (QED) is 0.912. The topological polar surface area (TPSA) is 37.9 Å². The van der Waals surface area contributed by atoms with E-state index in [0.29, 0.717) is 6.61 Å². The second kappa shape index (κ2) is 5.47. The lowest BCUT2D eigenvalue weighted by atomic mass is 9.92. The Kier molecular flexibility index (Phi) is 3.53. The molecule has 0 unspecified atom stereocenters. The van der Waals surface area contributed by atoms with Crippen molar-refractivity contribution in [2.45, 2.75) is 39.0 Å². The number of benzene rings is 1. The summed E-state index contributed by atoms with van der Waals surface area (Å²) in [6, 6.07) is 8.60. The number of hydrogen-bond acceptors (Lipinski definition) is 2. The molecule has 0 radical (unpaired) electrons. The molecule has 0 amide bonds. The fourth-order valence-electron chi connectivity index (χ4n) is 2.68. The molecule has 0 saturated heterocycles. The van der Waals surface area contributed by atoms with Crippen LogP contribution in [0.2, 0.25) is 0 Å². The number of aryl methyl sites for hydroxylation is 3. The molecule has 0 bridgehead atoms. The highest BCUT2D eigenvalue weighted by molar-refractivity contribution is 5.37. The molecule has 1 aromatic heterocycles. The van der Waals surface area contributed by atoms with Crippen molar-refractivity contribution in [1.29, 1.82) is 0 Å². The smallest absolute Gasteiger partial charge is 0.119 e. The molecule has 0 atom stereocenters. The Morgan fingerprint density at radius 1 is 1.16 bits per heavy atom. The van der Waals surface area contributed by atoms with Crippen molar-refractivity contribution in [3.63, 3.8) is 0 Å². The Morgan fingerprint density at radius 2 is 2.00 bits per heavy atom. The van der Waals surface area contributed by atoms with Crippen LogP contribution in [0.25, 0.3) is 0 Å². The van der Waals surface area contributed by atoms with Gasteiger partial charge in [0.15, 0.2) is 0 Å². The maximum atomic E-state index is 5.83. The third-order valence-electron chi connectivity index (χ3n) is 3.71. The first-order valence-corrected chi connectivity index (χ1v) is 7.07. The van der Waals surface area contributed by atoms with Gasteiger partial charge in [0.05, 0.1) is 12.3 Å². The Bertz CT molecular complexity index is 560. The number of ether oxygens (including phenoxy) is 1. The van der Waals surface area contributed by atoms with Gasteiger partial charge in [0.25, 0.3) is 0 Å². The monoisotopic (exact) mass is 256 g/mol. The van der Waals surface area contributed by atoms with Gasteiger partial charge in [0.1, 0.15) is 5.75 Å². The number of hydrogen-bond donors (Lipinski definition) is 1. The van der Waals surface area contributed by atoms with E-state index in [1.54, 1.807) is 0 Å². The molecule has 0 saturated carbocycles. The van der Waals surface area contributed by atoms with Gasteiger partial charge >= 0.3 is 0 Å². The Labute approximate surface area is 114 Å². The predicted octanol–water partition coefficient (Wildman–Crippen LogP) is 3.22. The van der Waals surface area contributed by atoms with E-state index >= 15 is 0 Å². The lowest BCUT2D eigenvalue weighted by Crippen LogP contribution is -2.05. The minimum Gasteiger partial charge on any atom is -0.493 e. The zero-order chi connectivity index (χ0) is 13.1. The summed E-state index contributed by atoms with van der Waals surface area (Å²) >= 11 is 0. The fourth-order valence-corrected chi connectivity index (χ4v) is 2.68. The van der Waals surface area contributed by atoms with E-state index in [4.69, 9.17) is 4.74 Å². The van der Waals surface area contributed by atoms with Gasteiger partial charge in [-0.3, -0.25) is 5.10 Å². The Morgan fingerprint density at radius 3 is 2.79 bits per heavy atom. The van der Waals surface area contributed by atoms with Crippen molar-refractivity contribution >= 4 is 0 Å². The van der Waals surface area contributed by atoms with Crippen LogP contribution in [0.1, 0.15) is 35.4 Å². The van der Waals surface area contributed by atoms with Crippen LogP contribution in [0.5, 0.6) is 5.75 Å². The van der Waals surface area contributed by atoms with Gasteiger partial charge in [-0.15, -0.1) is 0 Å². The van der Waals surface area contributed by atoms with Crippen LogP contribution in [0.3, 0.4) is 0 Å². The molecule has 1 aliphatic carbocycles. The van der Waals surface area contributed by atoms with Gasteiger partial charge in [-0.2, -0.15) is 5.10 Å². The van der Waals surface area contributed by atoms with Crippen LogP contribution >= 0.6 is 0 Å². The average Bonchev–Trinajstić information content (AvgIpc) is 2.84. The number of H-pyrrole nitrogens is 1. The molecular weight excluding hydrogens is 236 g/mol. The molecule has 0 fully saturated rings. The second-order valence-electron chi connectivity index (χ2n) is 5.28. The highest BCUT2D eigenvalue weighted by atomic mass is 16.5. The highest BCUT2D eigenvalue weighted by Gasteiger charge is 2.09. The Balaban J connectivity index is 1.58. The molecule has 0 spiro atoms. The van der Waals surface area contributed by atoms with Crippen LogP contribution in [-0.4, -0.2) is 16.8 Å². The first-order valence-electron chi connectivity index (χ1n) is 7.07. The highest BCUT2D eigenvalue weighted by Crippen LogP contribution is 2.25. The van der Waals surface area contributed by atoms with E-state index in [2.05, 4.69) is 34.5 Å². The fraction of sp³-hybridized carbons (Fsp3) is 0.438. The average molecular weight is 256 g/mol. The number of aromatic nitrogens is 2. The minimum absolute atomic E-state index is 0.684. The van der Waals surface area contributed by atoms with Gasteiger partial charge in [0.2, 0.25) is 0 Å². The standard InChI is InChI=1S/C16H20N2O/c1-12-10-15(18-17-12)8-9-19-16-7-6-13-4-2-3-5-14(13)11-16/h6-7,10-11H,2-5,8-9H2,1H3,(H,17,18). The molecule has 1 aromatic carbocycles. The van der Waals surface area contributed by atoms with Gasteiger partial charge in [-0.05, 0) is 61.9 Å². The van der Waals surface area contributed by atoms with Crippen molar-refractivity contribution < 1.29 is 4.74 Å². The maximum Gasteiger partial charge on any atom is 0.119 e. The summed E-state index contributed by atoms with van der Waals surface area (Å²) in [5, 5.41) is 7.16. The third-order valence-corrected chi connectivity index (χ3v) is 3.71. The van der Waals surface area contributed by atoms with E-state index in [-0.39, 0.29) is 0 Å². The molecule has 1 heterocycles. The summed E-state index contributed by atoms with van der Waals surface area (Å²) in [4.78, 5) is 0. The first-order chi connectivity index (χ1) is 9.31. The summed E-state index contributed by atoms with van der Waals surface area (Å²) in [5.41, 5.74) is 5.14. The largest absolute Gasteiger partial charge is 0.493 e. The van der Waals surface area contributed by atoms with Crippen molar-refractivity contribution in [3.8, 4) is 5.75 Å². The zero-order valence-corrected chi connectivity index (χ0v) is 11.4. The van der Waals surface area contributed by atoms with Crippen LogP contribution in [0, 0.1) is 6.92 Å². The van der Waals surface area contributed by atoms with Gasteiger partial charge in [-0.25, -0.2) is 0 Å². The maximum absolute atomic E-state index is 5.83. The summed E-state index contributed by atoms with van der Waals surface area (Å²) in [6.45, 7) is 2.70. The molecule has 2 aromatic rings. The van der Waals surface area contributed by atoms with Crippen LogP contribution in [0.15, 0.2) is 24.3 Å². The van der Waals surface area contributed by atoms with E-state index < -0.39 is 0 Å².